The molecule has 0 saturated heterocycles. The third kappa shape index (κ3) is 3.14. The van der Waals surface area contributed by atoms with Gasteiger partial charge in [-0.25, -0.2) is 4.98 Å². The number of amides is 1. The first kappa shape index (κ1) is 15.5. The molecule has 0 aliphatic heterocycles. The van der Waals surface area contributed by atoms with Crippen LogP contribution < -0.4 is 5.32 Å². The van der Waals surface area contributed by atoms with Crippen LogP contribution in [0.15, 0.2) is 54.9 Å². The Bertz CT molecular complexity index is 991. The summed E-state index contributed by atoms with van der Waals surface area (Å²) < 4.78 is 1.10. The molecule has 0 aliphatic rings. The van der Waals surface area contributed by atoms with E-state index in [-0.39, 0.29) is 11.9 Å². The Kier molecular flexibility index (Phi) is 3.99. The van der Waals surface area contributed by atoms with Gasteiger partial charge in [0.05, 0.1) is 10.9 Å². The number of rotatable bonds is 4. The Hall–Kier alpha value is -3.06. The molecule has 0 saturated carbocycles. The van der Waals surface area contributed by atoms with E-state index in [2.05, 4.69) is 25.5 Å². The summed E-state index contributed by atoms with van der Waals surface area (Å²) in [5, 5.41) is 11.1. The van der Waals surface area contributed by atoms with Crippen molar-refractivity contribution < 1.29 is 4.79 Å². The summed E-state index contributed by atoms with van der Waals surface area (Å²) in [5.74, 6) is 1.08. The Balaban J connectivity index is 1.50. The lowest BCUT2D eigenvalue weighted by Crippen LogP contribution is -2.26. The van der Waals surface area contributed by atoms with Crippen LogP contribution in [-0.4, -0.2) is 26.1 Å². The van der Waals surface area contributed by atoms with Crippen LogP contribution in [0.4, 0.5) is 0 Å². The largest absolute Gasteiger partial charge is 0.342 e. The first-order valence-electron chi connectivity index (χ1n) is 7.83. The average molecular weight is 349 g/mol. The fourth-order valence-corrected chi connectivity index (χ4v) is 3.49. The second kappa shape index (κ2) is 6.45. The molecule has 0 radical (unpaired) electrons. The molecular weight excluding hydrogens is 334 g/mol. The molecule has 0 spiro atoms. The lowest BCUT2D eigenvalue weighted by atomic mass is 10.2. The molecule has 7 heteroatoms. The van der Waals surface area contributed by atoms with Crippen LogP contribution in [0, 0.1) is 0 Å². The summed E-state index contributed by atoms with van der Waals surface area (Å²) in [6.07, 6.45) is 3.38. The summed E-state index contributed by atoms with van der Waals surface area (Å²) in [6, 6.07) is 13.3. The van der Waals surface area contributed by atoms with Gasteiger partial charge in [-0.3, -0.25) is 14.9 Å². The van der Waals surface area contributed by atoms with E-state index < -0.39 is 0 Å². The van der Waals surface area contributed by atoms with Gasteiger partial charge in [0.25, 0.3) is 5.91 Å². The van der Waals surface area contributed by atoms with Crippen molar-refractivity contribution in [3.05, 3.63) is 65.6 Å². The van der Waals surface area contributed by atoms with Gasteiger partial charge >= 0.3 is 0 Å². The number of H-pyrrole nitrogens is 1. The van der Waals surface area contributed by atoms with Crippen molar-refractivity contribution in [3.8, 4) is 11.4 Å². The van der Waals surface area contributed by atoms with Crippen molar-refractivity contribution >= 4 is 27.3 Å². The first-order valence-corrected chi connectivity index (χ1v) is 8.64. The summed E-state index contributed by atoms with van der Waals surface area (Å²) in [6.45, 7) is 1.88. The van der Waals surface area contributed by atoms with Crippen LogP contribution in [0.25, 0.3) is 21.5 Å². The molecule has 3 aromatic heterocycles. The number of benzene rings is 1. The highest BCUT2D eigenvalue weighted by atomic mass is 32.1. The summed E-state index contributed by atoms with van der Waals surface area (Å²) in [4.78, 5) is 21.6. The number of aromatic nitrogens is 4. The molecule has 6 nitrogen and oxygen atoms in total. The maximum atomic E-state index is 12.5. The van der Waals surface area contributed by atoms with Crippen LogP contribution in [0.2, 0.25) is 0 Å². The first-order chi connectivity index (χ1) is 12.2. The molecule has 124 valence electrons. The standard InChI is InChI=1S/C18H15N5OS/c1-11(16-21-17(23-22-16)12-6-8-19-9-7-12)20-18(24)15-10-13-4-2-3-5-14(13)25-15/h2-11H,1H3,(H,20,24)(H,21,22,23)/t11-/m1/s1. The third-order valence-corrected chi connectivity index (χ3v) is 4.96. The van der Waals surface area contributed by atoms with E-state index in [1.54, 1.807) is 12.4 Å². The van der Waals surface area contributed by atoms with E-state index in [1.165, 1.54) is 11.3 Å². The van der Waals surface area contributed by atoms with E-state index in [4.69, 9.17) is 0 Å². The van der Waals surface area contributed by atoms with Crippen molar-refractivity contribution in [2.24, 2.45) is 0 Å². The maximum absolute atomic E-state index is 12.5. The maximum Gasteiger partial charge on any atom is 0.261 e. The molecular formula is C18H15N5OS. The van der Waals surface area contributed by atoms with E-state index in [0.29, 0.717) is 16.5 Å². The summed E-state index contributed by atoms with van der Waals surface area (Å²) >= 11 is 1.48. The number of hydrogen-bond donors (Lipinski definition) is 2. The Labute approximate surface area is 148 Å². The van der Waals surface area contributed by atoms with Gasteiger partial charge in [0.15, 0.2) is 5.82 Å². The highest BCUT2D eigenvalue weighted by Crippen LogP contribution is 2.25. The van der Waals surface area contributed by atoms with Crippen LogP contribution >= 0.6 is 11.3 Å². The lowest BCUT2D eigenvalue weighted by Gasteiger charge is -2.09. The predicted molar refractivity (Wildman–Crippen MR) is 97.3 cm³/mol. The van der Waals surface area contributed by atoms with Gasteiger partial charge in [-0.15, -0.1) is 11.3 Å². The molecule has 0 unspecified atom stereocenters. The summed E-state index contributed by atoms with van der Waals surface area (Å²) in [5.41, 5.74) is 0.875. The Morgan fingerprint density at radius 1 is 1.20 bits per heavy atom. The van der Waals surface area contributed by atoms with Gasteiger partial charge in [-0.2, -0.15) is 5.10 Å². The minimum absolute atomic E-state index is 0.115. The zero-order valence-electron chi connectivity index (χ0n) is 13.4. The van der Waals surface area contributed by atoms with Gasteiger partial charge < -0.3 is 5.32 Å². The number of hydrogen-bond acceptors (Lipinski definition) is 5. The zero-order chi connectivity index (χ0) is 17.2. The minimum atomic E-state index is -0.277. The van der Waals surface area contributed by atoms with Crippen molar-refractivity contribution in [2.75, 3.05) is 0 Å². The monoisotopic (exact) mass is 349 g/mol. The highest BCUT2D eigenvalue weighted by molar-refractivity contribution is 7.20. The lowest BCUT2D eigenvalue weighted by molar-refractivity contribution is 0.0942. The molecule has 1 atom stereocenters. The average Bonchev–Trinajstić information content (AvgIpc) is 3.29. The number of pyridine rings is 1. The molecule has 3 heterocycles. The molecule has 4 rings (SSSR count). The molecule has 1 amide bonds. The zero-order valence-corrected chi connectivity index (χ0v) is 14.2. The summed E-state index contributed by atoms with van der Waals surface area (Å²) in [7, 11) is 0. The van der Waals surface area contributed by atoms with E-state index in [9.17, 15) is 4.79 Å². The molecule has 0 fully saturated rings. The van der Waals surface area contributed by atoms with Crippen molar-refractivity contribution in [2.45, 2.75) is 13.0 Å². The van der Waals surface area contributed by atoms with Gasteiger partial charge in [0, 0.05) is 22.7 Å². The number of fused-ring (bicyclic) bond motifs is 1. The molecule has 0 aliphatic carbocycles. The number of thiophene rings is 1. The normalized spacial score (nSPS) is 12.2. The number of carbonyl (C=O) groups is 1. The van der Waals surface area contributed by atoms with E-state index >= 15 is 0 Å². The Morgan fingerprint density at radius 3 is 2.80 bits per heavy atom. The van der Waals surface area contributed by atoms with E-state index in [1.807, 2.05) is 49.4 Å². The quantitative estimate of drug-likeness (QED) is 0.590. The smallest absolute Gasteiger partial charge is 0.261 e. The third-order valence-electron chi connectivity index (χ3n) is 3.85. The molecule has 0 bridgehead atoms. The van der Waals surface area contributed by atoms with Gasteiger partial charge in [-0.05, 0) is 36.6 Å². The van der Waals surface area contributed by atoms with Crippen LogP contribution in [0.1, 0.15) is 28.5 Å². The van der Waals surface area contributed by atoms with Crippen LogP contribution in [-0.2, 0) is 0 Å². The van der Waals surface area contributed by atoms with Gasteiger partial charge in [-0.1, -0.05) is 18.2 Å². The SMILES string of the molecule is C[C@@H](NC(=O)c1cc2ccccc2s1)c1nc(-c2ccncc2)n[nH]1. The van der Waals surface area contributed by atoms with Crippen LogP contribution in [0.5, 0.6) is 0 Å². The molecule has 25 heavy (non-hydrogen) atoms. The number of carbonyl (C=O) groups excluding carboxylic acids is 1. The van der Waals surface area contributed by atoms with Gasteiger partial charge in [0.1, 0.15) is 5.82 Å². The topological polar surface area (TPSA) is 83.6 Å². The molecule has 4 aromatic rings. The number of aromatic amines is 1. The second-order valence-corrected chi connectivity index (χ2v) is 6.71. The highest BCUT2D eigenvalue weighted by Gasteiger charge is 2.17. The van der Waals surface area contributed by atoms with E-state index in [0.717, 1.165) is 15.6 Å². The molecule has 2 N–H and O–H groups in total. The van der Waals surface area contributed by atoms with Crippen molar-refractivity contribution in [3.63, 3.8) is 0 Å². The molecule has 1 aromatic carbocycles. The Morgan fingerprint density at radius 2 is 2.00 bits per heavy atom. The predicted octanol–water partition coefficient (Wildman–Crippen LogP) is 3.57. The number of nitrogens with zero attached hydrogens (tertiary/aromatic N) is 3. The minimum Gasteiger partial charge on any atom is -0.342 e. The van der Waals surface area contributed by atoms with Crippen molar-refractivity contribution in [1.29, 1.82) is 0 Å². The number of nitrogens with one attached hydrogen (secondary N) is 2. The van der Waals surface area contributed by atoms with Crippen LogP contribution in [0.3, 0.4) is 0 Å². The fraction of sp³-hybridized carbons (Fsp3) is 0.111. The van der Waals surface area contributed by atoms with Crippen molar-refractivity contribution in [1.82, 2.24) is 25.5 Å². The fourth-order valence-electron chi connectivity index (χ4n) is 2.53. The second-order valence-electron chi connectivity index (χ2n) is 5.62. The van der Waals surface area contributed by atoms with Gasteiger partial charge in [0.2, 0.25) is 0 Å².